The third kappa shape index (κ3) is 4.64. The number of carbonyl (C=O) groups is 1. The van der Waals surface area contributed by atoms with Gasteiger partial charge in [0.1, 0.15) is 18.1 Å². The second kappa shape index (κ2) is 8.54. The molecule has 132 valence electrons. The van der Waals surface area contributed by atoms with Gasteiger partial charge in [-0.15, -0.1) is 0 Å². The molecule has 0 heterocycles. The largest absolute Gasteiger partial charge is 0.497 e. The van der Waals surface area contributed by atoms with Crippen molar-refractivity contribution in [2.24, 2.45) is 0 Å². The zero-order valence-electron chi connectivity index (χ0n) is 14.2. The molecule has 3 aromatic carbocycles. The summed E-state index contributed by atoms with van der Waals surface area (Å²) < 4.78 is 11.8. The molecule has 0 fully saturated rings. The predicted molar refractivity (Wildman–Crippen MR) is 106 cm³/mol. The first kappa shape index (κ1) is 18.0. The van der Waals surface area contributed by atoms with Gasteiger partial charge in [0.15, 0.2) is 0 Å². The lowest BCUT2D eigenvalue weighted by atomic mass is 10.1. The SMILES string of the molecule is COc1ccc(NC(=O)c2cc(Br)ccc2OCc2ccccc2)cc1. The summed E-state index contributed by atoms with van der Waals surface area (Å²) in [6, 6.07) is 22.4. The van der Waals surface area contributed by atoms with Crippen molar-refractivity contribution >= 4 is 27.5 Å². The molecule has 0 atom stereocenters. The molecule has 0 bridgehead atoms. The number of halogens is 1. The summed E-state index contributed by atoms with van der Waals surface area (Å²) in [6.07, 6.45) is 0. The van der Waals surface area contributed by atoms with Crippen molar-refractivity contribution < 1.29 is 14.3 Å². The first-order chi connectivity index (χ1) is 12.7. The third-order valence-corrected chi connectivity index (χ3v) is 4.26. The lowest BCUT2D eigenvalue weighted by Gasteiger charge is -2.13. The monoisotopic (exact) mass is 411 g/mol. The van der Waals surface area contributed by atoms with Gasteiger partial charge < -0.3 is 14.8 Å². The Kier molecular flexibility index (Phi) is 5.92. The minimum absolute atomic E-state index is 0.237. The lowest BCUT2D eigenvalue weighted by Crippen LogP contribution is -2.13. The van der Waals surface area contributed by atoms with Gasteiger partial charge in [-0.1, -0.05) is 46.3 Å². The number of anilines is 1. The Hall–Kier alpha value is -2.79. The van der Waals surface area contributed by atoms with Gasteiger partial charge in [0.25, 0.3) is 5.91 Å². The molecule has 0 unspecified atom stereocenters. The first-order valence-electron chi connectivity index (χ1n) is 8.07. The van der Waals surface area contributed by atoms with Crippen LogP contribution in [0.3, 0.4) is 0 Å². The topological polar surface area (TPSA) is 47.6 Å². The van der Waals surface area contributed by atoms with E-state index in [0.717, 1.165) is 15.8 Å². The van der Waals surface area contributed by atoms with Crippen LogP contribution in [0.1, 0.15) is 15.9 Å². The van der Waals surface area contributed by atoms with E-state index < -0.39 is 0 Å². The molecular weight excluding hydrogens is 394 g/mol. The Bertz CT molecular complexity index is 880. The molecule has 5 heteroatoms. The number of benzene rings is 3. The van der Waals surface area contributed by atoms with Crippen LogP contribution in [-0.2, 0) is 6.61 Å². The van der Waals surface area contributed by atoms with Gasteiger partial charge in [0.2, 0.25) is 0 Å². The fraction of sp³-hybridized carbons (Fsp3) is 0.0952. The highest BCUT2D eigenvalue weighted by molar-refractivity contribution is 9.10. The highest BCUT2D eigenvalue weighted by atomic mass is 79.9. The average molecular weight is 412 g/mol. The van der Waals surface area contributed by atoms with E-state index in [1.807, 2.05) is 36.4 Å². The van der Waals surface area contributed by atoms with Gasteiger partial charge in [0, 0.05) is 10.2 Å². The van der Waals surface area contributed by atoms with E-state index in [1.165, 1.54) is 0 Å². The highest BCUT2D eigenvalue weighted by Gasteiger charge is 2.14. The van der Waals surface area contributed by atoms with Crippen LogP contribution in [0.2, 0.25) is 0 Å². The maximum absolute atomic E-state index is 12.7. The lowest BCUT2D eigenvalue weighted by molar-refractivity contribution is 0.102. The summed E-state index contributed by atoms with van der Waals surface area (Å²) >= 11 is 3.41. The van der Waals surface area contributed by atoms with E-state index in [-0.39, 0.29) is 5.91 Å². The molecule has 0 saturated carbocycles. The molecule has 4 nitrogen and oxygen atoms in total. The Morgan fingerprint density at radius 2 is 1.73 bits per heavy atom. The van der Waals surface area contributed by atoms with Crippen molar-refractivity contribution in [2.75, 3.05) is 12.4 Å². The van der Waals surface area contributed by atoms with Crippen molar-refractivity contribution in [3.8, 4) is 11.5 Å². The molecule has 0 spiro atoms. The minimum atomic E-state index is -0.237. The minimum Gasteiger partial charge on any atom is -0.497 e. The van der Waals surface area contributed by atoms with Gasteiger partial charge in [-0.25, -0.2) is 0 Å². The van der Waals surface area contributed by atoms with E-state index in [0.29, 0.717) is 23.6 Å². The van der Waals surface area contributed by atoms with Crippen LogP contribution in [0.4, 0.5) is 5.69 Å². The number of carbonyl (C=O) groups excluding carboxylic acids is 1. The van der Waals surface area contributed by atoms with Crippen molar-refractivity contribution in [3.63, 3.8) is 0 Å². The molecule has 0 aliphatic carbocycles. The molecule has 0 radical (unpaired) electrons. The van der Waals surface area contributed by atoms with Crippen LogP contribution in [0.5, 0.6) is 11.5 Å². The summed E-state index contributed by atoms with van der Waals surface area (Å²) in [4.78, 5) is 12.7. The molecule has 26 heavy (non-hydrogen) atoms. The maximum atomic E-state index is 12.7. The van der Waals surface area contributed by atoms with Gasteiger partial charge in [-0.2, -0.15) is 0 Å². The van der Waals surface area contributed by atoms with E-state index in [1.54, 1.807) is 43.5 Å². The molecule has 3 aromatic rings. The van der Waals surface area contributed by atoms with Gasteiger partial charge in [-0.05, 0) is 48.0 Å². The molecular formula is C21H18BrNO3. The highest BCUT2D eigenvalue weighted by Crippen LogP contribution is 2.25. The first-order valence-corrected chi connectivity index (χ1v) is 8.86. The Labute approximate surface area is 160 Å². The molecule has 0 aliphatic heterocycles. The number of rotatable bonds is 6. The van der Waals surface area contributed by atoms with Crippen LogP contribution < -0.4 is 14.8 Å². The predicted octanol–water partition coefficient (Wildman–Crippen LogP) is 5.29. The normalized spacial score (nSPS) is 10.2. The van der Waals surface area contributed by atoms with E-state index in [9.17, 15) is 4.79 Å². The van der Waals surface area contributed by atoms with E-state index in [4.69, 9.17) is 9.47 Å². The number of nitrogens with one attached hydrogen (secondary N) is 1. The van der Waals surface area contributed by atoms with Crippen LogP contribution in [0, 0.1) is 0 Å². The number of hydrogen-bond donors (Lipinski definition) is 1. The number of amides is 1. The summed E-state index contributed by atoms with van der Waals surface area (Å²) in [7, 11) is 1.60. The zero-order chi connectivity index (χ0) is 18.4. The second-order valence-corrected chi connectivity index (χ2v) is 6.51. The molecule has 1 amide bonds. The van der Waals surface area contributed by atoms with Gasteiger partial charge in [-0.3, -0.25) is 4.79 Å². The van der Waals surface area contributed by atoms with Crippen LogP contribution in [-0.4, -0.2) is 13.0 Å². The standard InChI is InChI=1S/C21H18BrNO3/c1-25-18-10-8-17(9-11-18)23-21(24)19-13-16(22)7-12-20(19)26-14-15-5-3-2-4-6-15/h2-13H,14H2,1H3,(H,23,24). The molecule has 3 rings (SSSR count). The zero-order valence-corrected chi connectivity index (χ0v) is 15.8. The summed E-state index contributed by atoms with van der Waals surface area (Å²) in [5, 5.41) is 2.88. The van der Waals surface area contributed by atoms with Crippen molar-refractivity contribution in [2.45, 2.75) is 6.61 Å². The van der Waals surface area contributed by atoms with Crippen molar-refractivity contribution in [1.29, 1.82) is 0 Å². The average Bonchev–Trinajstić information content (AvgIpc) is 2.68. The summed E-state index contributed by atoms with van der Waals surface area (Å²) in [5.74, 6) is 1.03. The Balaban J connectivity index is 1.76. The summed E-state index contributed by atoms with van der Waals surface area (Å²) in [5.41, 5.74) is 2.19. The van der Waals surface area contributed by atoms with Gasteiger partial charge in [0.05, 0.1) is 12.7 Å². The molecule has 0 saturated heterocycles. The van der Waals surface area contributed by atoms with E-state index in [2.05, 4.69) is 21.2 Å². The maximum Gasteiger partial charge on any atom is 0.259 e. The quantitative estimate of drug-likeness (QED) is 0.599. The summed E-state index contributed by atoms with van der Waals surface area (Å²) in [6.45, 7) is 0.394. The van der Waals surface area contributed by atoms with Crippen LogP contribution in [0.25, 0.3) is 0 Å². The van der Waals surface area contributed by atoms with E-state index >= 15 is 0 Å². The molecule has 0 aliphatic rings. The molecule has 1 N–H and O–H groups in total. The second-order valence-electron chi connectivity index (χ2n) is 5.60. The smallest absolute Gasteiger partial charge is 0.259 e. The van der Waals surface area contributed by atoms with Gasteiger partial charge >= 0.3 is 0 Å². The number of methoxy groups -OCH3 is 1. The van der Waals surface area contributed by atoms with Crippen molar-refractivity contribution in [3.05, 3.63) is 88.4 Å². The Morgan fingerprint density at radius 3 is 2.42 bits per heavy atom. The fourth-order valence-electron chi connectivity index (χ4n) is 2.41. The third-order valence-electron chi connectivity index (χ3n) is 3.77. The van der Waals surface area contributed by atoms with Crippen LogP contribution in [0.15, 0.2) is 77.3 Å². The van der Waals surface area contributed by atoms with Crippen molar-refractivity contribution in [1.82, 2.24) is 0 Å². The van der Waals surface area contributed by atoms with Crippen LogP contribution >= 0.6 is 15.9 Å². The number of hydrogen-bond acceptors (Lipinski definition) is 3. The fourth-order valence-corrected chi connectivity index (χ4v) is 2.77. The number of ether oxygens (including phenoxy) is 2. The molecule has 0 aromatic heterocycles. The Morgan fingerprint density at radius 1 is 1.00 bits per heavy atom.